The number of likely N-dealkylation sites (tertiary alicyclic amines) is 1. The number of rotatable bonds is 3. The molecular formula is C11H20N2O2. The maximum Gasteiger partial charge on any atom is 0.321 e. The number of carboxylic acids is 1. The van der Waals surface area contributed by atoms with Crippen LogP contribution in [0, 0.1) is 5.92 Å². The first kappa shape index (κ1) is 10.9. The fraction of sp³-hybridized carbons (Fsp3) is 0.909. The van der Waals surface area contributed by atoms with Crippen LogP contribution in [0.25, 0.3) is 0 Å². The van der Waals surface area contributed by atoms with Crippen molar-refractivity contribution in [3.63, 3.8) is 0 Å². The van der Waals surface area contributed by atoms with Crippen molar-refractivity contribution in [1.82, 2.24) is 4.90 Å². The van der Waals surface area contributed by atoms with Crippen LogP contribution in [0.4, 0.5) is 0 Å². The molecule has 4 nitrogen and oxygen atoms in total. The summed E-state index contributed by atoms with van der Waals surface area (Å²) in [6.45, 7) is 1.56. The highest BCUT2D eigenvalue weighted by Gasteiger charge is 2.36. The normalized spacial score (nSPS) is 33.7. The molecule has 0 aromatic rings. The second kappa shape index (κ2) is 4.49. The minimum atomic E-state index is -0.880. The largest absolute Gasteiger partial charge is 0.480 e. The summed E-state index contributed by atoms with van der Waals surface area (Å²) >= 11 is 0. The lowest BCUT2D eigenvalue weighted by molar-refractivity contribution is -0.139. The van der Waals surface area contributed by atoms with Crippen LogP contribution in [0.15, 0.2) is 0 Å². The summed E-state index contributed by atoms with van der Waals surface area (Å²) in [7, 11) is 0. The fourth-order valence-corrected chi connectivity index (χ4v) is 3.06. The highest BCUT2D eigenvalue weighted by Crippen LogP contribution is 2.35. The number of carbonyl (C=O) groups is 1. The van der Waals surface area contributed by atoms with Crippen molar-refractivity contribution in [1.29, 1.82) is 0 Å². The first-order valence-corrected chi connectivity index (χ1v) is 5.91. The van der Waals surface area contributed by atoms with Gasteiger partial charge in [0, 0.05) is 12.6 Å². The summed E-state index contributed by atoms with van der Waals surface area (Å²) in [4.78, 5) is 13.0. The Hall–Kier alpha value is -0.610. The summed E-state index contributed by atoms with van der Waals surface area (Å²) in [5, 5.41) is 8.79. The Balaban J connectivity index is 1.90. The van der Waals surface area contributed by atoms with Gasteiger partial charge in [0.15, 0.2) is 0 Å². The van der Waals surface area contributed by atoms with Crippen LogP contribution in [0.1, 0.15) is 32.1 Å². The predicted molar refractivity (Wildman–Crippen MR) is 57.5 cm³/mol. The van der Waals surface area contributed by atoms with Gasteiger partial charge in [-0.3, -0.25) is 9.69 Å². The molecule has 1 saturated heterocycles. The Morgan fingerprint density at radius 1 is 1.40 bits per heavy atom. The first-order chi connectivity index (χ1) is 7.18. The Morgan fingerprint density at radius 3 is 2.87 bits per heavy atom. The smallest absolute Gasteiger partial charge is 0.321 e. The summed E-state index contributed by atoms with van der Waals surface area (Å²) in [5.41, 5.74) is 5.58. The van der Waals surface area contributed by atoms with E-state index in [0.717, 1.165) is 12.5 Å². The number of fused-ring (bicyclic) bond motifs is 1. The van der Waals surface area contributed by atoms with Gasteiger partial charge in [-0.1, -0.05) is 12.8 Å². The molecule has 2 unspecified atom stereocenters. The lowest BCUT2D eigenvalue weighted by Gasteiger charge is -2.32. The van der Waals surface area contributed by atoms with Crippen molar-refractivity contribution in [2.45, 2.75) is 44.2 Å². The monoisotopic (exact) mass is 212 g/mol. The van der Waals surface area contributed by atoms with Crippen LogP contribution in [-0.2, 0) is 4.79 Å². The van der Waals surface area contributed by atoms with Crippen LogP contribution in [0.2, 0.25) is 0 Å². The number of hydrogen-bond acceptors (Lipinski definition) is 3. The van der Waals surface area contributed by atoms with Crippen LogP contribution < -0.4 is 5.73 Å². The van der Waals surface area contributed by atoms with Gasteiger partial charge in [0.25, 0.3) is 0 Å². The van der Waals surface area contributed by atoms with Gasteiger partial charge in [-0.05, 0) is 31.7 Å². The van der Waals surface area contributed by atoms with Gasteiger partial charge in [-0.25, -0.2) is 0 Å². The summed E-state index contributed by atoms with van der Waals surface area (Å²) < 4.78 is 0. The molecule has 4 heteroatoms. The zero-order valence-electron chi connectivity index (χ0n) is 9.06. The van der Waals surface area contributed by atoms with Crippen LogP contribution >= 0.6 is 0 Å². The molecule has 3 atom stereocenters. The lowest BCUT2D eigenvalue weighted by Crippen LogP contribution is -2.45. The Morgan fingerprint density at radius 2 is 2.13 bits per heavy atom. The molecule has 1 saturated carbocycles. The Bertz CT molecular complexity index is 245. The molecule has 0 aromatic heterocycles. The molecule has 0 radical (unpaired) electrons. The molecule has 86 valence electrons. The van der Waals surface area contributed by atoms with E-state index in [1.54, 1.807) is 0 Å². The van der Waals surface area contributed by atoms with Gasteiger partial charge >= 0.3 is 5.97 Å². The molecule has 15 heavy (non-hydrogen) atoms. The van der Waals surface area contributed by atoms with Crippen molar-refractivity contribution in [3.8, 4) is 0 Å². The minimum Gasteiger partial charge on any atom is -0.480 e. The highest BCUT2D eigenvalue weighted by molar-refractivity contribution is 5.73. The SMILES string of the molecule is N[C@@H](CN1CCC2CCCCC21)C(=O)O. The van der Waals surface area contributed by atoms with Crippen molar-refractivity contribution in [2.75, 3.05) is 13.1 Å². The molecule has 2 fully saturated rings. The van der Waals surface area contributed by atoms with Crippen LogP contribution in [0.5, 0.6) is 0 Å². The summed E-state index contributed by atoms with van der Waals surface area (Å²) in [6.07, 6.45) is 6.43. The van der Waals surface area contributed by atoms with E-state index in [-0.39, 0.29) is 0 Å². The van der Waals surface area contributed by atoms with E-state index in [1.807, 2.05) is 0 Å². The molecule has 2 aliphatic rings. The van der Waals surface area contributed by atoms with E-state index in [0.29, 0.717) is 12.6 Å². The average Bonchev–Trinajstić information content (AvgIpc) is 2.62. The third kappa shape index (κ3) is 2.32. The maximum atomic E-state index is 10.7. The lowest BCUT2D eigenvalue weighted by atomic mass is 9.85. The van der Waals surface area contributed by atoms with Crippen molar-refractivity contribution in [3.05, 3.63) is 0 Å². The van der Waals surface area contributed by atoms with Gasteiger partial charge in [0.2, 0.25) is 0 Å². The Kier molecular flexibility index (Phi) is 3.26. The zero-order valence-corrected chi connectivity index (χ0v) is 9.06. The van der Waals surface area contributed by atoms with Gasteiger partial charge in [-0.2, -0.15) is 0 Å². The minimum absolute atomic E-state index is 0.524. The average molecular weight is 212 g/mol. The van der Waals surface area contributed by atoms with Crippen LogP contribution in [0.3, 0.4) is 0 Å². The number of nitrogens with zero attached hydrogens (tertiary/aromatic N) is 1. The molecule has 1 aliphatic carbocycles. The molecule has 0 aromatic carbocycles. The molecule has 2 rings (SSSR count). The topological polar surface area (TPSA) is 66.6 Å². The van der Waals surface area contributed by atoms with Crippen molar-refractivity contribution in [2.24, 2.45) is 11.7 Å². The number of aliphatic carboxylic acids is 1. The third-order valence-electron chi connectivity index (χ3n) is 3.87. The van der Waals surface area contributed by atoms with Gasteiger partial charge in [-0.15, -0.1) is 0 Å². The number of nitrogens with two attached hydrogens (primary N) is 1. The molecule has 1 aliphatic heterocycles. The van der Waals surface area contributed by atoms with E-state index >= 15 is 0 Å². The van der Waals surface area contributed by atoms with Gasteiger partial charge in [0.05, 0.1) is 0 Å². The fourth-order valence-electron chi connectivity index (χ4n) is 3.06. The van der Waals surface area contributed by atoms with Crippen LogP contribution in [-0.4, -0.2) is 41.1 Å². The highest BCUT2D eigenvalue weighted by atomic mass is 16.4. The first-order valence-electron chi connectivity index (χ1n) is 5.91. The Labute approximate surface area is 90.4 Å². The summed E-state index contributed by atoms with van der Waals surface area (Å²) in [6, 6.07) is -0.102. The second-order valence-electron chi connectivity index (χ2n) is 4.84. The molecule has 1 heterocycles. The predicted octanol–water partition coefficient (Wildman–Crippen LogP) is 0.663. The van der Waals surface area contributed by atoms with Crippen molar-refractivity contribution < 1.29 is 9.90 Å². The quantitative estimate of drug-likeness (QED) is 0.721. The van der Waals surface area contributed by atoms with E-state index in [1.165, 1.54) is 32.1 Å². The molecule has 0 amide bonds. The number of carboxylic acid groups (broad SMARTS) is 1. The third-order valence-corrected chi connectivity index (χ3v) is 3.87. The van der Waals surface area contributed by atoms with E-state index in [2.05, 4.69) is 4.90 Å². The number of hydrogen-bond donors (Lipinski definition) is 2. The molecular weight excluding hydrogens is 192 g/mol. The van der Waals surface area contributed by atoms with E-state index in [9.17, 15) is 4.79 Å². The van der Waals surface area contributed by atoms with E-state index in [4.69, 9.17) is 10.8 Å². The van der Waals surface area contributed by atoms with Crippen molar-refractivity contribution >= 4 is 5.97 Å². The zero-order chi connectivity index (χ0) is 10.8. The van der Waals surface area contributed by atoms with E-state index < -0.39 is 12.0 Å². The molecule has 0 spiro atoms. The summed E-state index contributed by atoms with van der Waals surface area (Å²) in [5.74, 6) is -0.0750. The standard InChI is InChI=1S/C11H20N2O2/c12-9(11(14)15)7-13-6-5-8-3-1-2-4-10(8)13/h8-10H,1-7,12H2,(H,14,15)/t8?,9-,10?/m0/s1. The molecule has 3 N–H and O–H groups in total. The molecule has 0 bridgehead atoms. The second-order valence-corrected chi connectivity index (χ2v) is 4.84. The maximum absolute atomic E-state index is 10.7. The van der Waals surface area contributed by atoms with Gasteiger partial charge in [0.1, 0.15) is 6.04 Å². The van der Waals surface area contributed by atoms with Gasteiger partial charge < -0.3 is 10.8 Å².